The predicted molar refractivity (Wildman–Crippen MR) is 412 cm³/mol. The van der Waals surface area contributed by atoms with E-state index in [0.29, 0.717) is 0 Å². The summed E-state index contributed by atoms with van der Waals surface area (Å²) in [6.07, 6.45) is 0. The van der Waals surface area contributed by atoms with Crippen LogP contribution in [-0.2, 0) is 56.4 Å². The SMILES string of the molecule is C[n+]1csc2ccc(Cl)cc21.C[n+]1csc2ccc(Cl)cc21.C[n+]1csc2ccc(Cl)cc21.C[n+]1csc2ccc(Cl)cc21.C[n+]1csc2ccc(Cl)cc21.C[n+]1csc2ccc(Cl)cc21.C[n+]1csc2ccc(Cl)cc21.C[n+]1csc2ccc(Cl)cc21.[O-]B([O-])F.[O-]B([O-])F.[O-]B([O-])F.[O-]B([O-])F. The van der Waals surface area contributed by atoms with E-state index in [1.165, 1.54) is 81.7 Å². The number of halogens is 12. The van der Waals surface area contributed by atoms with Crippen molar-refractivity contribution in [3.63, 3.8) is 0 Å². The number of rotatable bonds is 0. The maximum Gasteiger partial charge on any atom is 0.225 e. The predicted octanol–water partition coefficient (Wildman–Crippen LogP) is 9.68. The van der Waals surface area contributed by atoms with Gasteiger partial charge in [-0.25, -0.2) is 0 Å². The van der Waals surface area contributed by atoms with E-state index in [2.05, 4.69) is 80.6 Å². The van der Waals surface area contributed by atoms with E-state index < -0.39 is 29.6 Å². The first-order chi connectivity index (χ1) is 49.1. The van der Waals surface area contributed by atoms with Crippen molar-refractivity contribution < 1.29 is 94.0 Å². The van der Waals surface area contributed by atoms with E-state index >= 15 is 0 Å². The molecule has 0 aliphatic heterocycles. The smallest absolute Gasteiger partial charge is 0.225 e. The molecule has 0 saturated carbocycles. The minimum Gasteiger partial charge on any atom is -0.867 e. The molecule has 0 N–H and O–H groups in total. The van der Waals surface area contributed by atoms with Gasteiger partial charge < -0.3 is 57.5 Å². The van der Waals surface area contributed by atoms with Gasteiger partial charge in [0, 0.05) is 88.7 Å². The quantitative estimate of drug-likeness (QED) is 0.0807. The minimum atomic E-state index is -3.17. The van der Waals surface area contributed by atoms with Crippen LogP contribution in [0.15, 0.2) is 190 Å². The van der Waals surface area contributed by atoms with Gasteiger partial charge in [-0.2, -0.15) is 36.5 Å². The van der Waals surface area contributed by atoms with Gasteiger partial charge in [0.25, 0.3) is 0 Å². The van der Waals surface area contributed by atoms with Crippen LogP contribution in [0, 0.1) is 0 Å². The second kappa shape index (κ2) is 45.0. The molecule has 16 aromatic rings. The molecule has 0 unspecified atom stereocenters. The van der Waals surface area contributed by atoms with Gasteiger partial charge in [-0.15, -0.1) is 0 Å². The highest BCUT2D eigenvalue weighted by Gasteiger charge is 2.13. The van der Waals surface area contributed by atoms with Crippen molar-refractivity contribution in [1.29, 1.82) is 0 Å². The Morgan fingerprint density at radius 3 is 0.385 bits per heavy atom. The molecular formula is C64H56B4Cl8F4N8O8S8. The standard InChI is InChI=1S/8C8H7ClNS.4BFO2/c8*1-10-5-11-8-3-2-6(9)4-7(8)10;4*2-1(3)4/h8*2-5H,1H3;;;;/q8*+1;4*-2. The molecule has 8 heterocycles. The lowest BCUT2D eigenvalue weighted by molar-refractivity contribution is -0.640. The van der Waals surface area contributed by atoms with Crippen molar-refractivity contribution >= 4 is 295 Å². The van der Waals surface area contributed by atoms with Crippen LogP contribution in [0.4, 0.5) is 17.3 Å². The van der Waals surface area contributed by atoms with Crippen LogP contribution in [0.25, 0.3) is 81.7 Å². The number of hydrogen-bond donors (Lipinski definition) is 0. The molecule has 0 aliphatic carbocycles. The van der Waals surface area contributed by atoms with E-state index in [0.717, 1.165) is 40.2 Å². The van der Waals surface area contributed by atoms with E-state index in [9.17, 15) is 17.3 Å². The van der Waals surface area contributed by atoms with E-state index in [4.69, 9.17) is 133 Å². The van der Waals surface area contributed by atoms with Gasteiger partial charge in [-0.05, 0) is 97.1 Å². The van der Waals surface area contributed by atoms with Crippen molar-refractivity contribution in [2.45, 2.75) is 0 Å². The van der Waals surface area contributed by atoms with Gasteiger partial charge in [-0.1, -0.05) is 184 Å². The molecule has 40 heteroatoms. The maximum atomic E-state index is 9.89. The number of thiazole rings is 8. The van der Waals surface area contributed by atoms with Crippen molar-refractivity contribution in [2.75, 3.05) is 0 Å². The second-order valence-electron chi connectivity index (χ2n) is 20.7. The van der Waals surface area contributed by atoms with Gasteiger partial charge in [0.2, 0.25) is 88.2 Å². The van der Waals surface area contributed by atoms with Gasteiger partial charge in [0.05, 0.1) is 0 Å². The summed E-state index contributed by atoms with van der Waals surface area (Å²) in [6, 6.07) is 47.5. The summed E-state index contributed by atoms with van der Waals surface area (Å²) in [5, 5.41) is 72.8. The molecule has 0 atom stereocenters. The van der Waals surface area contributed by atoms with Crippen LogP contribution in [0.5, 0.6) is 0 Å². The molecule has 0 saturated heterocycles. The Morgan fingerprint density at radius 2 is 0.298 bits per heavy atom. The summed E-state index contributed by atoms with van der Waals surface area (Å²) in [7, 11) is 3.52. The Bertz CT molecular complexity index is 4370. The van der Waals surface area contributed by atoms with Crippen LogP contribution in [0.2, 0.25) is 40.2 Å². The lowest BCUT2D eigenvalue weighted by Gasteiger charge is -2.09. The summed E-state index contributed by atoms with van der Waals surface area (Å²) in [6.45, 7) is 0. The number of aromatic nitrogens is 8. The largest absolute Gasteiger partial charge is 0.867 e. The zero-order valence-corrected chi connectivity index (χ0v) is 68.0. The van der Waals surface area contributed by atoms with E-state index in [-0.39, 0.29) is 0 Å². The molecular weight excluding hydrogens is 1670 g/mol. The fourth-order valence-electron chi connectivity index (χ4n) is 8.47. The van der Waals surface area contributed by atoms with Gasteiger partial charge in [-0.3, -0.25) is 0 Å². The third-order valence-electron chi connectivity index (χ3n) is 13.1. The Morgan fingerprint density at radius 1 is 0.212 bits per heavy atom. The highest BCUT2D eigenvalue weighted by Crippen LogP contribution is 2.26. The summed E-state index contributed by atoms with van der Waals surface area (Å²) in [5.74, 6) is 0. The number of benzene rings is 8. The molecule has 0 radical (unpaired) electrons. The van der Waals surface area contributed by atoms with Crippen molar-refractivity contribution in [2.24, 2.45) is 56.4 Å². The monoisotopic (exact) mass is 1720 g/mol. The number of nitrogens with zero attached hydrogens (tertiary/aromatic N) is 8. The van der Waals surface area contributed by atoms with E-state index in [1.807, 2.05) is 202 Å². The van der Waals surface area contributed by atoms with Gasteiger partial charge in [0.15, 0.2) is 0 Å². The number of fused-ring (bicyclic) bond motifs is 8. The van der Waals surface area contributed by atoms with Crippen LogP contribution in [-0.4, -0.2) is 29.6 Å². The van der Waals surface area contributed by atoms with Crippen molar-refractivity contribution in [3.8, 4) is 0 Å². The summed E-state index contributed by atoms with van der Waals surface area (Å²) in [5.41, 5.74) is 26.1. The normalized spacial score (nSPS) is 10.1. The zero-order valence-electron chi connectivity index (χ0n) is 55.4. The molecule has 16 nitrogen and oxygen atoms in total. The lowest BCUT2D eigenvalue weighted by atomic mass is 10.3. The van der Waals surface area contributed by atoms with Crippen LogP contribution in [0.1, 0.15) is 0 Å². The molecule has 544 valence electrons. The maximum absolute atomic E-state index is 9.89. The Kier molecular flexibility index (Phi) is 38.7. The summed E-state index contributed by atoms with van der Waals surface area (Å²) < 4.78 is 66.4. The molecule has 16 rings (SSSR count). The Balaban J connectivity index is 0.000000207. The average Bonchev–Trinajstić information content (AvgIpc) is 1.75. The zero-order chi connectivity index (χ0) is 77.1. The Hall–Kier alpha value is -5.14. The fraction of sp³-hybridized carbons (Fsp3) is 0.125. The second-order valence-corrected chi connectivity index (χ2v) is 31.2. The molecule has 0 aliphatic rings. The molecule has 0 fully saturated rings. The molecule has 8 aromatic heterocycles. The van der Waals surface area contributed by atoms with Gasteiger partial charge >= 0.3 is 0 Å². The first kappa shape index (κ1) is 89.5. The van der Waals surface area contributed by atoms with Crippen molar-refractivity contribution in [1.82, 2.24) is 0 Å². The van der Waals surface area contributed by atoms with Crippen LogP contribution < -0.4 is 76.7 Å². The van der Waals surface area contributed by atoms with Crippen molar-refractivity contribution in [3.05, 3.63) is 230 Å². The van der Waals surface area contributed by atoms with Gasteiger partial charge in [0.1, 0.15) is 124 Å². The molecule has 8 aromatic carbocycles. The highest BCUT2D eigenvalue weighted by molar-refractivity contribution is 7.18. The number of aryl methyl sites for hydroxylation is 8. The first-order valence-electron chi connectivity index (χ1n) is 29.1. The molecule has 0 amide bonds. The summed E-state index contributed by atoms with van der Waals surface area (Å²) >= 11 is 60.5. The molecule has 0 spiro atoms. The fourth-order valence-corrected chi connectivity index (χ4v) is 16.6. The summed E-state index contributed by atoms with van der Waals surface area (Å²) in [4.78, 5) is 0. The lowest BCUT2D eigenvalue weighted by Crippen LogP contribution is -2.39. The molecule has 0 bridgehead atoms. The Labute approximate surface area is 668 Å². The van der Waals surface area contributed by atoms with Crippen LogP contribution >= 0.6 is 184 Å². The topological polar surface area (TPSA) is 216 Å². The highest BCUT2D eigenvalue weighted by atomic mass is 35.5. The average molecular weight is 1720 g/mol. The van der Waals surface area contributed by atoms with Crippen LogP contribution in [0.3, 0.4) is 0 Å². The third kappa shape index (κ3) is 30.5. The first-order valence-corrected chi connectivity index (χ1v) is 39.2. The number of hydrogen-bond acceptors (Lipinski definition) is 16. The molecule has 104 heavy (non-hydrogen) atoms. The third-order valence-corrected chi connectivity index (χ3v) is 23.2. The minimum absolute atomic E-state index is 0.798. The van der Waals surface area contributed by atoms with E-state index in [1.54, 1.807) is 90.7 Å².